The first kappa shape index (κ1) is 21.5. The molecule has 2 heterocycles. The van der Waals surface area contributed by atoms with Crippen LogP contribution in [0.1, 0.15) is 23.4 Å². The predicted molar refractivity (Wildman–Crippen MR) is 117 cm³/mol. The van der Waals surface area contributed by atoms with Crippen LogP contribution in [-0.4, -0.2) is 59.8 Å². The van der Waals surface area contributed by atoms with E-state index >= 15 is 0 Å². The fourth-order valence-electron chi connectivity index (χ4n) is 3.82. The van der Waals surface area contributed by atoms with E-state index < -0.39 is 0 Å². The van der Waals surface area contributed by atoms with Crippen molar-refractivity contribution in [1.82, 2.24) is 19.9 Å². The third kappa shape index (κ3) is 5.68. The zero-order valence-corrected chi connectivity index (χ0v) is 18.2. The van der Waals surface area contributed by atoms with Crippen LogP contribution in [0.2, 0.25) is 0 Å². The lowest BCUT2D eigenvalue weighted by molar-refractivity contribution is 0.125. The highest BCUT2D eigenvalue weighted by molar-refractivity contribution is 5.54. The van der Waals surface area contributed by atoms with Crippen molar-refractivity contribution in [3.63, 3.8) is 0 Å². The quantitative estimate of drug-likeness (QED) is 0.546. The van der Waals surface area contributed by atoms with Crippen LogP contribution in [0.5, 0.6) is 5.75 Å². The van der Waals surface area contributed by atoms with Crippen LogP contribution < -0.4 is 4.74 Å². The van der Waals surface area contributed by atoms with Gasteiger partial charge < -0.3 is 14.2 Å². The van der Waals surface area contributed by atoms with E-state index in [4.69, 9.17) is 9.26 Å². The second-order valence-corrected chi connectivity index (χ2v) is 8.05. The summed E-state index contributed by atoms with van der Waals surface area (Å²) >= 11 is 0. The Labute approximate surface area is 182 Å². The number of hydrogen-bond donors (Lipinski definition) is 0. The number of methoxy groups -OCH3 is 1. The molecule has 2 aromatic carbocycles. The first-order valence-electron chi connectivity index (χ1n) is 10.8. The van der Waals surface area contributed by atoms with Crippen LogP contribution in [0.15, 0.2) is 47.0 Å². The number of aromatic nitrogens is 2. The van der Waals surface area contributed by atoms with Gasteiger partial charge in [0.1, 0.15) is 11.6 Å². The first-order chi connectivity index (χ1) is 15.1. The topological polar surface area (TPSA) is 54.6 Å². The van der Waals surface area contributed by atoms with Gasteiger partial charge >= 0.3 is 0 Å². The van der Waals surface area contributed by atoms with Crippen LogP contribution >= 0.6 is 0 Å². The molecule has 0 saturated carbocycles. The van der Waals surface area contributed by atoms with Gasteiger partial charge in [0.15, 0.2) is 0 Å². The van der Waals surface area contributed by atoms with Crippen LogP contribution in [0.3, 0.4) is 0 Å². The minimum atomic E-state index is -0.255. The molecule has 164 valence electrons. The van der Waals surface area contributed by atoms with Crippen LogP contribution in [0.4, 0.5) is 4.39 Å². The molecule has 0 aliphatic carbocycles. The van der Waals surface area contributed by atoms with Crippen molar-refractivity contribution in [1.29, 1.82) is 0 Å². The van der Waals surface area contributed by atoms with Gasteiger partial charge in [-0.2, -0.15) is 4.98 Å². The third-order valence-electron chi connectivity index (χ3n) is 5.79. The van der Waals surface area contributed by atoms with Gasteiger partial charge in [0.05, 0.1) is 7.11 Å². The monoisotopic (exact) mass is 424 g/mol. The molecular weight excluding hydrogens is 395 g/mol. The Balaban J connectivity index is 1.19. The largest absolute Gasteiger partial charge is 0.497 e. The van der Waals surface area contributed by atoms with Gasteiger partial charge in [0, 0.05) is 44.7 Å². The lowest BCUT2D eigenvalue weighted by Crippen LogP contribution is -2.46. The van der Waals surface area contributed by atoms with Crippen molar-refractivity contribution >= 4 is 0 Å². The number of nitrogens with zero attached hydrogens (tertiary/aromatic N) is 4. The standard InChI is InChI=1S/C24H29FN4O2/c1-18-5-8-20(16-22(18)25)24-26-23(31-27-24)4-3-11-28-12-14-29(15-13-28)17-19-6-9-21(30-2)10-7-19/h5-10,16H,3-4,11-15,17H2,1-2H3. The van der Waals surface area contributed by atoms with Crippen molar-refractivity contribution in [2.45, 2.75) is 26.3 Å². The molecule has 0 N–H and O–H groups in total. The van der Waals surface area contributed by atoms with Gasteiger partial charge in [0.2, 0.25) is 11.7 Å². The van der Waals surface area contributed by atoms with E-state index in [0.29, 0.717) is 22.8 Å². The van der Waals surface area contributed by atoms with Gasteiger partial charge in [-0.25, -0.2) is 4.39 Å². The highest BCUT2D eigenvalue weighted by atomic mass is 19.1. The molecule has 6 nitrogen and oxygen atoms in total. The predicted octanol–water partition coefficient (Wildman–Crippen LogP) is 3.94. The second-order valence-electron chi connectivity index (χ2n) is 8.05. The van der Waals surface area contributed by atoms with Gasteiger partial charge in [0.25, 0.3) is 0 Å². The molecule has 7 heteroatoms. The lowest BCUT2D eigenvalue weighted by Gasteiger charge is -2.34. The van der Waals surface area contributed by atoms with Crippen LogP contribution in [-0.2, 0) is 13.0 Å². The average Bonchev–Trinajstić information content (AvgIpc) is 3.26. The number of piperazine rings is 1. The highest BCUT2D eigenvalue weighted by Gasteiger charge is 2.17. The summed E-state index contributed by atoms with van der Waals surface area (Å²) in [5.74, 6) is 1.69. The maximum atomic E-state index is 13.8. The van der Waals surface area contributed by atoms with Crippen LogP contribution in [0.25, 0.3) is 11.4 Å². The summed E-state index contributed by atoms with van der Waals surface area (Å²) in [6.07, 6.45) is 1.69. The molecule has 1 aromatic heterocycles. The summed E-state index contributed by atoms with van der Waals surface area (Å²) in [7, 11) is 1.69. The number of rotatable bonds is 8. The van der Waals surface area contributed by atoms with Crippen molar-refractivity contribution in [3.8, 4) is 17.1 Å². The Kier molecular flexibility index (Phi) is 6.94. The van der Waals surface area contributed by atoms with E-state index in [2.05, 4.69) is 32.1 Å². The van der Waals surface area contributed by atoms with Gasteiger partial charge in [-0.3, -0.25) is 4.90 Å². The van der Waals surface area contributed by atoms with E-state index in [1.54, 1.807) is 20.1 Å². The molecule has 0 atom stereocenters. The van der Waals surface area contributed by atoms with Crippen molar-refractivity contribution < 1.29 is 13.7 Å². The minimum Gasteiger partial charge on any atom is -0.497 e. The fraction of sp³-hybridized carbons (Fsp3) is 0.417. The molecule has 4 rings (SSSR count). The second kappa shape index (κ2) is 10.0. The molecule has 1 aliphatic heterocycles. The number of benzene rings is 2. The smallest absolute Gasteiger partial charge is 0.227 e. The number of ether oxygens (including phenoxy) is 1. The number of halogens is 1. The SMILES string of the molecule is COc1ccc(CN2CCN(CCCc3nc(-c4ccc(C)c(F)c4)no3)CC2)cc1. The fourth-order valence-corrected chi connectivity index (χ4v) is 3.82. The zero-order valence-electron chi connectivity index (χ0n) is 18.2. The van der Waals surface area contributed by atoms with Crippen molar-refractivity contribution in [3.05, 3.63) is 65.3 Å². The Morgan fingerprint density at radius 3 is 2.48 bits per heavy atom. The normalized spacial score (nSPS) is 15.3. The van der Waals surface area contributed by atoms with E-state index in [0.717, 1.165) is 57.9 Å². The number of aryl methyl sites for hydroxylation is 2. The maximum absolute atomic E-state index is 13.8. The summed E-state index contributed by atoms with van der Waals surface area (Å²) in [6.45, 7) is 7.97. The Hall–Kier alpha value is -2.77. The molecule has 31 heavy (non-hydrogen) atoms. The van der Waals surface area contributed by atoms with Gasteiger partial charge in [-0.1, -0.05) is 29.4 Å². The van der Waals surface area contributed by atoms with E-state index in [9.17, 15) is 4.39 Å². The molecule has 0 amide bonds. The summed E-state index contributed by atoms with van der Waals surface area (Å²) in [5.41, 5.74) is 2.57. The average molecular weight is 425 g/mol. The zero-order chi connectivity index (χ0) is 21.6. The first-order valence-corrected chi connectivity index (χ1v) is 10.8. The van der Waals surface area contributed by atoms with Gasteiger partial charge in [-0.15, -0.1) is 0 Å². The van der Waals surface area contributed by atoms with Crippen molar-refractivity contribution in [2.24, 2.45) is 0 Å². The molecule has 1 saturated heterocycles. The third-order valence-corrected chi connectivity index (χ3v) is 5.79. The summed E-state index contributed by atoms with van der Waals surface area (Å²) < 4.78 is 24.3. The molecule has 0 radical (unpaired) electrons. The maximum Gasteiger partial charge on any atom is 0.227 e. The molecular formula is C24H29FN4O2. The van der Waals surface area contributed by atoms with E-state index in [-0.39, 0.29) is 5.82 Å². The van der Waals surface area contributed by atoms with E-state index in [1.807, 2.05) is 18.2 Å². The minimum absolute atomic E-state index is 0.255. The van der Waals surface area contributed by atoms with Gasteiger partial charge in [-0.05, 0) is 49.2 Å². The molecule has 3 aromatic rings. The number of hydrogen-bond acceptors (Lipinski definition) is 6. The molecule has 0 unspecified atom stereocenters. The Morgan fingerprint density at radius 1 is 1.03 bits per heavy atom. The molecule has 0 bridgehead atoms. The molecule has 1 fully saturated rings. The van der Waals surface area contributed by atoms with E-state index in [1.165, 1.54) is 11.6 Å². The lowest BCUT2D eigenvalue weighted by atomic mass is 10.1. The summed E-state index contributed by atoms with van der Waals surface area (Å²) in [6, 6.07) is 13.3. The Morgan fingerprint density at radius 2 is 1.77 bits per heavy atom. The molecule has 1 aliphatic rings. The summed E-state index contributed by atoms with van der Waals surface area (Å²) in [4.78, 5) is 9.40. The highest BCUT2D eigenvalue weighted by Crippen LogP contribution is 2.19. The van der Waals surface area contributed by atoms with Crippen molar-refractivity contribution in [2.75, 3.05) is 39.8 Å². The Bertz CT molecular complexity index is 981. The summed E-state index contributed by atoms with van der Waals surface area (Å²) in [5, 5.41) is 4.00. The molecule has 0 spiro atoms. The van der Waals surface area contributed by atoms with Crippen LogP contribution in [0, 0.1) is 12.7 Å².